The van der Waals surface area contributed by atoms with Crippen molar-refractivity contribution < 1.29 is 14.3 Å². The quantitative estimate of drug-likeness (QED) is 0.756. The van der Waals surface area contributed by atoms with Gasteiger partial charge < -0.3 is 14.5 Å². The van der Waals surface area contributed by atoms with E-state index in [9.17, 15) is 9.59 Å². The fourth-order valence-corrected chi connectivity index (χ4v) is 4.28. The molecular weight excluding hydrogens is 364 g/mol. The number of likely N-dealkylation sites (tertiary alicyclic amines) is 1. The topological polar surface area (TPSA) is 49.9 Å². The molecule has 0 radical (unpaired) electrons. The van der Waals surface area contributed by atoms with E-state index in [0.717, 1.165) is 11.1 Å². The molecule has 5 heteroatoms. The number of hydrogen-bond donors (Lipinski definition) is 0. The molecule has 0 bridgehead atoms. The third-order valence-electron chi connectivity index (χ3n) is 5.83. The van der Waals surface area contributed by atoms with Crippen LogP contribution in [0.5, 0.6) is 0 Å². The second-order valence-electron chi connectivity index (χ2n) is 7.99. The highest BCUT2D eigenvalue weighted by Gasteiger charge is 2.43. The molecule has 2 aromatic rings. The summed E-state index contributed by atoms with van der Waals surface area (Å²) in [4.78, 5) is 29.0. The van der Waals surface area contributed by atoms with Crippen molar-refractivity contribution in [2.75, 3.05) is 40.9 Å². The Hall–Kier alpha value is -2.66. The highest BCUT2D eigenvalue weighted by Crippen LogP contribution is 2.39. The molecule has 1 heterocycles. The highest BCUT2D eigenvalue weighted by atomic mass is 16.5. The van der Waals surface area contributed by atoms with Crippen LogP contribution in [0.25, 0.3) is 11.1 Å². The van der Waals surface area contributed by atoms with Gasteiger partial charge in [0.05, 0.1) is 5.41 Å². The van der Waals surface area contributed by atoms with Crippen LogP contribution in [0, 0.1) is 5.41 Å². The van der Waals surface area contributed by atoms with Crippen molar-refractivity contribution in [3.8, 4) is 11.1 Å². The average Bonchev–Trinajstić information content (AvgIpc) is 2.75. The van der Waals surface area contributed by atoms with E-state index in [4.69, 9.17) is 4.74 Å². The van der Waals surface area contributed by atoms with Crippen molar-refractivity contribution in [2.45, 2.75) is 19.3 Å². The highest BCUT2D eigenvalue weighted by molar-refractivity contribution is 5.84. The summed E-state index contributed by atoms with van der Waals surface area (Å²) in [5.74, 6) is 0.127. The van der Waals surface area contributed by atoms with Crippen LogP contribution in [0.1, 0.15) is 18.4 Å². The minimum Gasteiger partial charge on any atom is -0.375 e. The number of amides is 2. The van der Waals surface area contributed by atoms with E-state index in [1.165, 1.54) is 12.7 Å². The molecule has 1 aliphatic heterocycles. The van der Waals surface area contributed by atoms with Gasteiger partial charge in [0.25, 0.3) is 0 Å². The van der Waals surface area contributed by atoms with Gasteiger partial charge in [-0.2, -0.15) is 0 Å². The zero-order valence-electron chi connectivity index (χ0n) is 17.6. The Labute approximate surface area is 173 Å². The van der Waals surface area contributed by atoms with Crippen LogP contribution in [0.2, 0.25) is 0 Å². The van der Waals surface area contributed by atoms with E-state index >= 15 is 0 Å². The van der Waals surface area contributed by atoms with Crippen molar-refractivity contribution in [1.29, 1.82) is 0 Å². The van der Waals surface area contributed by atoms with Crippen LogP contribution in [0.15, 0.2) is 54.6 Å². The molecule has 0 N–H and O–H groups in total. The number of carbonyl (C=O) groups excluding carboxylic acids is 2. The number of carbonyl (C=O) groups is 2. The number of methoxy groups -OCH3 is 1. The summed E-state index contributed by atoms with van der Waals surface area (Å²) in [5, 5.41) is 0. The van der Waals surface area contributed by atoms with Gasteiger partial charge in [0, 0.05) is 34.3 Å². The molecule has 1 saturated heterocycles. The monoisotopic (exact) mass is 394 g/mol. The fraction of sp³-hybridized carbons (Fsp3) is 0.417. The lowest BCUT2D eigenvalue weighted by Crippen LogP contribution is -2.51. The Morgan fingerprint density at radius 1 is 1.00 bits per heavy atom. The minimum atomic E-state index is -0.502. The Bertz CT molecular complexity index is 840. The smallest absolute Gasteiger partial charge is 0.248 e. The lowest BCUT2D eigenvalue weighted by atomic mass is 9.71. The van der Waals surface area contributed by atoms with Crippen LogP contribution >= 0.6 is 0 Å². The van der Waals surface area contributed by atoms with Crippen molar-refractivity contribution in [1.82, 2.24) is 9.80 Å². The first kappa shape index (κ1) is 21.1. The fourth-order valence-electron chi connectivity index (χ4n) is 4.28. The second kappa shape index (κ2) is 9.23. The van der Waals surface area contributed by atoms with E-state index in [-0.39, 0.29) is 18.4 Å². The number of hydrogen-bond acceptors (Lipinski definition) is 3. The van der Waals surface area contributed by atoms with Gasteiger partial charge in [-0.15, -0.1) is 0 Å². The number of rotatable bonds is 6. The lowest BCUT2D eigenvalue weighted by molar-refractivity contribution is -0.147. The molecule has 0 spiro atoms. The number of benzene rings is 2. The average molecular weight is 395 g/mol. The van der Waals surface area contributed by atoms with Crippen LogP contribution in [0.4, 0.5) is 0 Å². The van der Waals surface area contributed by atoms with Crippen LogP contribution in [-0.4, -0.2) is 62.5 Å². The number of piperidine rings is 1. The van der Waals surface area contributed by atoms with Gasteiger partial charge >= 0.3 is 0 Å². The first-order valence-corrected chi connectivity index (χ1v) is 10.1. The molecule has 29 heavy (non-hydrogen) atoms. The van der Waals surface area contributed by atoms with Crippen molar-refractivity contribution in [3.63, 3.8) is 0 Å². The molecule has 154 valence electrons. The molecule has 5 nitrogen and oxygen atoms in total. The van der Waals surface area contributed by atoms with E-state index in [2.05, 4.69) is 24.3 Å². The summed E-state index contributed by atoms with van der Waals surface area (Å²) in [6, 6.07) is 18.6. The maximum atomic E-state index is 13.3. The standard InChI is InChI=1S/C24H30N2O3/c1-25(2)23(28)24(13-15-26(16-14-24)22(27)18-29-3)17-20-11-7-8-12-21(20)19-9-5-4-6-10-19/h4-12H,13-18H2,1-3H3. The predicted molar refractivity (Wildman–Crippen MR) is 114 cm³/mol. The first-order valence-electron chi connectivity index (χ1n) is 10.1. The third-order valence-corrected chi connectivity index (χ3v) is 5.83. The van der Waals surface area contributed by atoms with Gasteiger partial charge in [-0.3, -0.25) is 9.59 Å². The zero-order valence-corrected chi connectivity index (χ0v) is 17.6. The van der Waals surface area contributed by atoms with E-state index in [0.29, 0.717) is 32.4 Å². The number of nitrogens with zero attached hydrogens (tertiary/aromatic N) is 2. The maximum Gasteiger partial charge on any atom is 0.248 e. The molecule has 0 unspecified atom stereocenters. The van der Waals surface area contributed by atoms with E-state index < -0.39 is 5.41 Å². The SMILES string of the molecule is COCC(=O)N1CCC(Cc2ccccc2-c2ccccc2)(C(=O)N(C)C)CC1. The van der Waals surface area contributed by atoms with Crippen LogP contribution in [0.3, 0.4) is 0 Å². The van der Waals surface area contributed by atoms with E-state index in [1.807, 2.05) is 49.3 Å². The van der Waals surface area contributed by atoms with Crippen molar-refractivity contribution in [2.24, 2.45) is 5.41 Å². The van der Waals surface area contributed by atoms with E-state index in [1.54, 1.807) is 4.90 Å². The Balaban J connectivity index is 1.89. The molecule has 2 aromatic carbocycles. The Kier molecular flexibility index (Phi) is 6.70. The molecule has 1 aliphatic rings. The third kappa shape index (κ3) is 4.67. The van der Waals surface area contributed by atoms with Gasteiger partial charge in [-0.1, -0.05) is 54.6 Å². The normalized spacial score (nSPS) is 15.8. The molecule has 3 rings (SSSR count). The van der Waals surface area contributed by atoms with Gasteiger partial charge in [0.2, 0.25) is 11.8 Å². The minimum absolute atomic E-state index is 0.0110. The van der Waals surface area contributed by atoms with Crippen LogP contribution < -0.4 is 0 Å². The van der Waals surface area contributed by atoms with Gasteiger partial charge in [0.15, 0.2) is 0 Å². The predicted octanol–water partition coefficient (Wildman–Crippen LogP) is 3.24. The molecule has 0 aliphatic carbocycles. The molecule has 0 atom stereocenters. The molecule has 0 saturated carbocycles. The molecule has 2 amide bonds. The number of ether oxygens (including phenoxy) is 1. The Morgan fingerprint density at radius 3 is 2.24 bits per heavy atom. The van der Waals surface area contributed by atoms with Crippen molar-refractivity contribution in [3.05, 3.63) is 60.2 Å². The Morgan fingerprint density at radius 2 is 1.62 bits per heavy atom. The summed E-state index contributed by atoms with van der Waals surface area (Å²) in [6.45, 7) is 1.25. The summed E-state index contributed by atoms with van der Waals surface area (Å²) >= 11 is 0. The van der Waals surface area contributed by atoms with Crippen molar-refractivity contribution >= 4 is 11.8 Å². The lowest BCUT2D eigenvalue weighted by Gasteiger charge is -2.42. The first-order chi connectivity index (χ1) is 14.0. The zero-order chi connectivity index (χ0) is 20.9. The summed E-state index contributed by atoms with van der Waals surface area (Å²) in [6.07, 6.45) is 1.98. The summed E-state index contributed by atoms with van der Waals surface area (Å²) in [5.41, 5.74) is 2.99. The van der Waals surface area contributed by atoms with Gasteiger partial charge in [-0.05, 0) is 36.0 Å². The summed E-state index contributed by atoms with van der Waals surface area (Å²) in [7, 11) is 5.16. The molecule has 1 fully saturated rings. The maximum absolute atomic E-state index is 13.3. The largest absolute Gasteiger partial charge is 0.375 e. The van der Waals surface area contributed by atoms with Gasteiger partial charge in [0.1, 0.15) is 6.61 Å². The molecule has 0 aromatic heterocycles. The van der Waals surface area contributed by atoms with Crippen LogP contribution in [-0.2, 0) is 20.7 Å². The molecular formula is C24H30N2O3. The van der Waals surface area contributed by atoms with Gasteiger partial charge in [-0.25, -0.2) is 0 Å². The second-order valence-corrected chi connectivity index (χ2v) is 7.99. The summed E-state index contributed by atoms with van der Waals surface area (Å²) < 4.78 is 4.99.